The third kappa shape index (κ3) is 5.29. The number of hydrogen-bond acceptors (Lipinski definition) is 3. The van der Waals surface area contributed by atoms with Crippen LogP contribution in [-0.4, -0.2) is 34.5 Å². The van der Waals surface area contributed by atoms with E-state index in [-0.39, 0.29) is 17.7 Å². The lowest BCUT2D eigenvalue weighted by Gasteiger charge is -2.28. The van der Waals surface area contributed by atoms with Gasteiger partial charge in [0.2, 0.25) is 5.91 Å². The van der Waals surface area contributed by atoms with Crippen molar-refractivity contribution in [2.75, 3.05) is 12.3 Å². The first kappa shape index (κ1) is 15.3. The Morgan fingerprint density at radius 2 is 2.00 bits per heavy atom. The van der Waals surface area contributed by atoms with Crippen molar-refractivity contribution in [3.63, 3.8) is 0 Å². The number of nitrogens with one attached hydrogen (secondary N) is 1. The summed E-state index contributed by atoms with van der Waals surface area (Å²) in [5.74, 6) is -0.419. The van der Waals surface area contributed by atoms with Crippen LogP contribution in [0.3, 0.4) is 0 Å². The van der Waals surface area contributed by atoms with Gasteiger partial charge in [0, 0.05) is 6.54 Å². The number of amides is 1. The van der Waals surface area contributed by atoms with Gasteiger partial charge in [0.15, 0.2) is 0 Å². The molecule has 0 saturated heterocycles. The molecule has 2 N–H and O–H groups in total. The van der Waals surface area contributed by atoms with Crippen molar-refractivity contribution in [1.29, 1.82) is 0 Å². The highest BCUT2D eigenvalue weighted by atomic mass is 32.2. The molecule has 0 aliphatic heterocycles. The highest BCUT2D eigenvalue weighted by Crippen LogP contribution is 2.29. The first-order valence-corrected chi connectivity index (χ1v) is 7.66. The fraction of sp³-hybridized carbons (Fsp3) is 0.846. The van der Waals surface area contributed by atoms with Crippen LogP contribution < -0.4 is 5.32 Å². The summed E-state index contributed by atoms with van der Waals surface area (Å²) in [7, 11) is 0. The van der Waals surface area contributed by atoms with E-state index >= 15 is 0 Å². The number of carbonyl (C=O) groups is 2. The van der Waals surface area contributed by atoms with Gasteiger partial charge in [0.1, 0.15) is 0 Å². The average Bonchev–Trinajstić information content (AvgIpc) is 2.34. The number of carboxylic acids is 1. The van der Waals surface area contributed by atoms with Gasteiger partial charge in [-0.05, 0) is 24.0 Å². The largest absolute Gasteiger partial charge is 0.481 e. The van der Waals surface area contributed by atoms with Crippen LogP contribution >= 0.6 is 11.8 Å². The Morgan fingerprint density at radius 1 is 1.33 bits per heavy atom. The first-order chi connectivity index (χ1) is 8.50. The van der Waals surface area contributed by atoms with Gasteiger partial charge in [-0.2, -0.15) is 0 Å². The molecule has 104 valence electrons. The molecular weight excluding hydrogens is 250 g/mol. The van der Waals surface area contributed by atoms with Crippen LogP contribution in [0, 0.1) is 11.8 Å². The van der Waals surface area contributed by atoms with E-state index in [1.807, 2.05) is 0 Å². The summed E-state index contributed by atoms with van der Waals surface area (Å²) in [6.07, 6.45) is 3.72. The molecule has 0 spiro atoms. The van der Waals surface area contributed by atoms with E-state index in [0.29, 0.717) is 17.5 Å². The molecule has 1 rings (SSSR count). The van der Waals surface area contributed by atoms with Crippen molar-refractivity contribution < 1.29 is 14.7 Å². The van der Waals surface area contributed by atoms with E-state index in [2.05, 4.69) is 19.2 Å². The van der Waals surface area contributed by atoms with Crippen molar-refractivity contribution in [1.82, 2.24) is 5.32 Å². The molecule has 4 nitrogen and oxygen atoms in total. The Kier molecular flexibility index (Phi) is 6.54. The average molecular weight is 273 g/mol. The zero-order chi connectivity index (χ0) is 13.5. The van der Waals surface area contributed by atoms with E-state index in [4.69, 9.17) is 5.11 Å². The second kappa shape index (κ2) is 7.67. The fourth-order valence-electron chi connectivity index (χ4n) is 2.32. The van der Waals surface area contributed by atoms with E-state index in [1.165, 1.54) is 0 Å². The van der Waals surface area contributed by atoms with Gasteiger partial charge in [-0.1, -0.05) is 26.7 Å². The molecule has 1 aliphatic rings. The highest BCUT2D eigenvalue weighted by molar-refractivity contribution is 8.00. The zero-order valence-electron chi connectivity index (χ0n) is 11.1. The molecule has 1 fully saturated rings. The topological polar surface area (TPSA) is 66.4 Å². The molecule has 0 bridgehead atoms. The van der Waals surface area contributed by atoms with Crippen LogP contribution in [0.15, 0.2) is 0 Å². The standard InChI is InChI=1S/C13H23NO3S/c1-9(2)18-8-12(15)14-7-10-5-3-4-6-11(10)13(16)17/h9-11H,3-8H2,1-2H3,(H,14,15)(H,16,17). The Bertz CT molecular complexity index is 294. The van der Waals surface area contributed by atoms with Crippen molar-refractivity contribution in [3.8, 4) is 0 Å². The Labute approximate surface area is 113 Å². The zero-order valence-corrected chi connectivity index (χ0v) is 12.0. The van der Waals surface area contributed by atoms with E-state index in [1.54, 1.807) is 11.8 Å². The number of thioether (sulfide) groups is 1. The lowest BCUT2D eigenvalue weighted by atomic mass is 9.79. The van der Waals surface area contributed by atoms with Crippen molar-refractivity contribution in [2.24, 2.45) is 11.8 Å². The molecule has 2 unspecified atom stereocenters. The molecule has 18 heavy (non-hydrogen) atoms. The molecule has 1 aliphatic carbocycles. The second-order valence-corrected chi connectivity index (χ2v) is 6.72. The lowest BCUT2D eigenvalue weighted by molar-refractivity contribution is -0.145. The quantitative estimate of drug-likeness (QED) is 0.778. The minimum absolute atomic E-state index is 0.0170. The molecule has 1 saturated carbocycles. The van der Waals surface area contributed by atoms with Crippen LogP contribution in [0.1, 0.15) is 39.5 Å². The SMILES string of the molecule is CC(C)SCC(=O)NCC1CCCCC1C(=O)O. The number of carbonyl (C=O) groups excluding carboxylic acids is 1. The van der Waals surface area contributed by atoms with E-state index in [9.17, 15) is 9.59 Å². The van der Waals surface area contributed by atoms with Gasteiger partial charge in [-0.15, -0.1) is 11.8 Å². The van der Waals surface area contributed by atoms with Crippen LogP contribution in [0.5, 0.6) is 0 Å². The van der Waals surface area contributed by atoms with Crippen molar-refractivity contribution in [3.05, 3.63) is 0 Å². The molecule has 0 aromatic heterocycles. The van der Waals surface area contributed by atoms with Gasteiger partial charge in [0.25, 0.3) is 0 Å². The monoisotopic (exact) mass is 273 g/mol. The Hall–Kier alpha value is -0.710. The Balaban J connectivity index is 2.31. The minimum Gasteiger partial charge on any atom is -0.481 e. The Morgan fingerprint density at radius 3 is 2.61 bits per heavy atom. The van der Waals surface area contributed by atoms with Crippen LogP contribution in [-0.2, 0) is 9.59 Å². The van der Waals surface area contributed by atoms with Gasteiger partial charge in [0.05, 0.1) is 11.7 Å². The molecule has 0 radical (unpaired) electrons. The maximum absolute atomic E-state index is 11.6. The maximum atomic E-state index is 11.6. The van der Waals surface area contributed by atoms with Crippen molar-refractivity contribution in [2.45, 2.75) is 44.8 Å². The second-order valence-electron chi connectivity index (χ2n) is 5.15. The molecule has 0 heterocycles. The van der Waals surface area contributed by atoms with Gasteiger partial charge < -0.3 is 10.4 Å². The summed E-state index contributed by atoms with van der Waals surface area (Å²) in [6, 6.07) is 0. The van der Waals surface area contributed by atoms with Gasteiger partial charge in [-0.25, -0.2) is 0 Å². The highest BCUT2D eigenvalue weighted by Gasteiger charge is 2.30. The number of rotatable bonds is 6. The number of aliphatic carboxylic acids is 1. The van der Waals surface area contributed by atoms with E-state index in [0.717, 1.165) is 25.7 Å². The summed E-state index contributed by atoms with van der Waals surface area (Å²) in [5, 5.41) is 12.4. The number of carboxylic acid groups (broad SMARTS) is 1. The smallest absolute Gasteiger partial charge is 0.306 e. The lowest BCUT2D eigenvalue weighted by Crippen LogP contribution is -2.37. The van der Waals surface area contributed by atoms with Crippen LogP contribution in [0.2, 0.25) is 0 Å². The van der Waals surface area contributed by atoms with Crippen molar-refractivity contribution >= 4 is 23.6 Å². The summed E-state index contributed by atoms with van der Waals surface area (Å²) in [6.45, 7) is 4.62. The normalized spacial score (nSPS) is 23.9. The van der Waals surface area contributed by atoms with Gasteiger partial charge >= 0.3 is 5.97 Å². The minimum atomic E-state index is -0.717. The summed E-state index contributed by atoms with van der Waals surface area (Å²) in [4.78, 5) is 22.7. The van der Waals surface area contributed by atoms with Gasteiger partial charge in [-0.3, -0.25) is 9.59 Å². The molecule has 0 aromatic carbocycles. The van der Waals surface area contributed by atoms with Crippen LogP contribution in [0.25, 0.3) is 0 Å². The third-order valence-corrected chi connectivity index (χ3v) is 4.43. The fourth-order valence-corrected chi connectivity index (χ4v) is 2.90. The molecular formula is C13H23NO3S. The first-order valence-electron chi connectivity index (χ1n) is 6.61. The molecule has 1 amide bonds. The maximum Gasteiger partial charge on any atom is 0.306 e. The molecule has 0 aromatic rings. The summed E-state index contributed by atoms with van der Waals surface area (Å²) < 4.78 is 0. The third-order valence-electron chi connectivity index (χ3n) is 3.34. The summed E-state index contributed by atoms with van der Waals surface area (Å²) in [5.41, 5.74) is 0. The predicted molar refractivity (Wildman–Crippen MR) is 73.7 cm³/mol. The molecule has 5 heteroatoms. The summed E-state index contributed by atoms with van der Waals surface area (Å²) >= 11 is 1.60. The predicted octanol–water partition coefficient (Wildman–Crippen LogP) is 2.14. The van der Waals surface area contributed by atoms with E-state index < -0.39 is 5.97 Å². The number of hydrogen-bond donors (Lipinski definition) is 2. The van der Waals surface area contributed by atoms with Crippen LogP contribution in [0.4, 0.5) is 0 Å². The molecule has 2 atom stereocenters.